The Morgan fingerprint density at radius 3 is 3.13 bits per heavy atom. The summed E-state index contributed by atoms with van der Waals surface area (Å²) >= 11 is 5.57. The summed E-state index contributed by atoms with van der Waals surface area (Å²) in [6.07, 6.45) is 0. The average Bonchev–Trinajstić information content (AvgIpc) is 2.28. The predicted molar refractivity (Wildman–Crippen MR) is 59.7 cm³/mol. The molecule has 1 aliphatic heterocycles. The average molecular weight is 226 g/mol. The number of alkyl halides is 1. The Morgan fingerprint density at radius 1 is 1.60 bits per heavy atom. The zero-order valence-electron chi connectivity index (χ0n) is 8.50. The molecule has 0 aliphatic carbocycles. The maximum atomic E-state index is 11.6. The lowest BCUT2D eigenvalue weighted by molar-refractivity contribution is -0.116. The number of aryl methyl sites for hydroxylation is 1. The van der Waals surface area contributed by atoms with Gasteiger partial charge in [0.25, 0.3) is 0 Å². The lowest BCUT2D eigenvalue weighted by Crippen LogP contribution is -2.39. The molecule has 0 saturated carbocycles. The molecule has 1 heterocycles. The number of para-hydroxylation sites is 1. The van der Waals surface area contributed by atoms with Crippen LogP contribution in [0.5, 0.6) is 5.75 Å². The zero-order chi connectivity index (χ0) is 10.8. The molecule has 1 aliphatic rings. The van der Waals surface area contributed by atoms with E-state index in [-0.39, 0.29) is 11.8 Å². The number of nitrogens with zero attached hydrogens (tertiary/aromatic N) is 1. The third-order valence-corrected chi connectivity index (χ3v) is 2.69. The van der Waals surface area contributed by atoms with E-state index in [2.05, 4.69) is 0 Å². The summed E-state index contributed by atoms with van der Waals surface area (Å²) in [5.41, 5.74) is 1.89. The fourth-order valence-electron chi connectivity index (χ4n) is 1.77. The van der Waals surface area contributed by atoms with Crippen molar-refractivity contribution in [1.29, 1.82) is 0 Å². The number of ether oxygens (including phenoxy) is 1. The van der Waals surface area contributed by atoms with E-state index in [1.807, 2.05) is 25.1 Å². The van der Waals surface area contributed by atoms with Crippen molar-refractivity contribution in [2.24, 2.45) is 0 Å². The van der Waals surface area contributed by atoms with Crippen LogP contribution in [0.25, 0.3) is 0 Å². The molecule has 0 radical (unpaired) electrons. The van der Waals surface area contributed by atoms with Gasteiger partial charge >= 0.3 is 0 Å². The highest BCUT2D eigenvalue weighted by Crippen LogP contribution is 2.34. The van der Waals surface area contributed by atoms with Gasteiger partial charge in [0.05, 0.1) is 12.2 Å². The van der Waals surface area contributed by atoms with Crippen molar-refractivity contribution >= 4 is 23.2 Å². The van der Waals surface area contributed by atoms with Crippen molar-refractivity contribution in [2.45, 2.75) is 6.92 Å². The molecule has 2 rings (SSSR count). The van der Waals surface area contributed by atoms with Crippen LogP contribution in [-0.2, 0) is 4.79 Å². The topological polar surface area (TPSA) is 29.5 Å². The molecule has 1 aromatic carbocycles. The molecule has 3 nitrogen and oxygen atoms in total. The highest BCUT2D eigenvalue weighted by molar-refractivity contribution is 6.29. The highest BCUT2D eigenvalue weighted by atomic mass is 35.5. The van der Waals surface area contributed by atoms with E-state index >= 15 is 0 Å². The van der Waals surface area contributed by atoms with E-state index in [1.165, 1.54) is 0 Å². The Kier molecular flexibility index (Phi) is 2.82. The van der Waals surface area contributed by atoms with Crippen LogP contribution < -0.4 is 9.64 Å². The molecule has 0 fully saturated rings. The molecule has 80 valence electrons. The number of amides is 1. The summed E-state index contributed by atoms with van der Waals surface area (Å²) < 4.78 is 5.49. The first-order chi connectivity index (χ1) is 7.24. The van der Waals surface area contributed by atoms with Gasteiger partial charge in [0.15, 0.2) is 0 Å². The maximum absolute atomic E-state index is 11.6. The Bertz CT molecular complexity index is 392. The van der Waals surface area contributed by atoms with Crippen molar-refractivity contribution in [3.63, 3.8) is 0 Å². The molecule has 0 N–H and O–H groups in total. The number of benzene rings is 1. The van der Waals surface area contributed by atoms with Crippen LogP contribution in [0.3, 0.4) is 0 Å². The Morgan fingerprint density at radius 2 is 2.40 bits per heavy atom. The standard InChI is InChI=1S/C11H12ClNO2/c1-8-3-2-4-9-11(8)13(5-6-15-9)10(14)7-12/h2-4H,5-7H2,1H3. The first kappa shape index (κ1) is 10.3. The van der Waals surface area contributed by atoms with E-state index in [0.717, 1.165) is 17.0 Å². The molecule has 0 bridgehead atoms. The van der Waals surface area contributed by atoms with Gasteiger partial charge < -0.3 is 9.64 Å². The van der Waals surface area contributed by atoms with Gasteiger partial charge in [-0.25, -0.2) is 0 Å². The van der Waals surface area contributed by atoms with E-state index in [9.17, 15) is 4.79 Å². The lowest BCUT2D eigenvalue weighted by atomic mass is 10.1. The van der Waals surface area contributed by atoms with Crippen molar-refractivity contribution in [1.82, 2.24) is 0 Å². The van der Waals surface area contributed by atoms with E-state index in [1.54, 1.807) is 4.90 Å². The second-order valence-electron chi connectivity index (χ2n) is 3.45. The number of anilines is 1. The smallest absolute Gasteiger partial charge is 0.242 e. The number of carbonyl (C=O) groups is 1. The largest absolute Gasteiger partial charge is 0.490 e. The maximum Gasteiger partial charge on any atom is 0.242 e. The summed E-state index contributed by atoms with van der Waals surface area (Å²) in [5.74, 6) is 0.698. The molecule has 0 spiro atoms. The fourth-order valence-corrected chi connectivity index (χ4v) is 1.92. The molecule has 15 heavy (non-hydrogen) atoms. The SMILES string of the molecule is Cc1cccc2c1N(C(=O)CCl)CCO2. The lowest BCUT2D eigenvalue weighted by Gasteiger charge is -2.30. The molecule has 1 amide bonds. The monoisotopic (exact) mass is 225 g/mol. The van der Waals surface area contributed by atoms with E-state index < -0.39 is 0 Å². The van der Waals surface area contributed by atoms with Crippen LogP contribution in [0, 0.1) is 6.92 Å². The molecule has 0 unspecified atom stereocenters. The van der Waals surface area contributed by atoms with Crippen molar-refractivity contribution < 1.29 is 9.53 Å². The molecular weight excluding hydrogens is 214 g/mol. The van der Waals surface area contributed by atoms with Gasteiger partial charge in [-0.1, -0.05) is 12.1 Å². The van der Waals surface area contributed by atoms with Gasteiger partial charge in [-0.15, -0.1) is 11.6 Å². The van der Waals surface area contributed by atoms with Crippen molar-refractivity contribution in [3.8, 4) is 5.75 Å². The van der Waals surface area contributed by atoms with Crippen LogP contribution in [-0.4, -0.2) is 24.9 Å². The second kappa shape index (κ2) is 4.11. The summed E-state index contributed by atoms with van der Waals surface area (Å²) in [6, 6.07) is 5.75. The van der Waals surface area contributed by atoms with E-state index in [0.29, 0.717) is 13.2 Å². The first-order valence-corrected chi connectivity index (χ1v) is 5.36. The summed E-state index contributed by atoms with van der Waals surface area (Å²) in [7, 11) is 0. The molecule has 0 aromatic heterocycles. The molecule has 0 saturated heterocycles. The van der Waals surface area contributed by atoms with Gasteiger partial charge in [0.1, 0.15) is 18.2 Å². The Hall–Kier alpha value is -1.22. The quantitative estimate of drug-likeness (QED) is 0.684. The summed E-state index contributed by atoms with van der Waals surface area (Å²) in [4.78, 5) is 13.3. The van der Waals surface area contributed by atoms with E-state index in [4.69, 9.17) is 16.3 Å². The third-order valence-electron chi connectivity index (χ3n) is 2.46. The normalized spacial score (nSPS) is 14.4. The Balaban J connectivity index is 2.45. The Labute approximate surface area is 93.6 Å². The van der Waals surface area contributed by atoms with Gasteiger partial charge in [0, 0.05) is 0 Å². The molecule has 1 aromatic rings. The highest BCUT2D eigenvalue weighted by Gasteiger charge is 2.24. The summed E-state index contributed by atoms with van der Waals surface area (Å²) in [5, 5.41) is 0. The molecule has 4 heteroatoms. The van der Waals surface area contributed by atoms with Crippen molar-refractivity contribution in [3.05, 3.63) is 23.8 Å². The molecule has 0 atom stereocenters. The van der Waals surface area contributed by atoms with Gasteiger partial charge in [0.2, 0.25) is 5.91 Å². The second-order valence-corrected chi connectivity index (χ2v) is 3.72. The fraction of sp³-hybridized carbons (Fsp3) is 0.364. The summed E-state index contributed by atoms with van der Waals surface area (Å²) in [6.45, 7) is 3.06. The molecular formula is C11H12ClNO2. The minimum absolute atomic E-state index is 0.00771. The number of rotatable bonds is 1. The number of fused-ring (bicyclic) bond motifs is 1. The van der Waals surface area contributed by atoms with Crippen LogP contribution in [0.1, 0.15) is 5.56 Å². The predicted octanol–water partition coefficient (Wildman–Crippen LogP) is 1.96. The number of carbonyl (C=O) groups excluding carboxylic acids is 1. The van der Waals surface area contributed by atoms with Gasteiger partial charge in [-0.2, -0.15) is 0 Å². The third kappa shape index (κ3) is 1.79. The van der Waals surface area contributed by atoms with Gasteiger partial charge in [-0.05, 0) is 18.6 Å². The number of hydrogen-bond acceptors (Lipinski definition) is 2. The van der Waals surface area contributed by atoms with Gasteiger partial charge in [-0.3, -0.25) is 4.79 Å². The van der Waals surface area contributed by atoms with Crippen LogP contribution in [0.15, 0.2) is 18.2 Å². The minimum Gasteiger partial charge on any atom is -0.490 e. The number of hydrogen-bond donors (Lipinski definition) is 0. The zero-order valence-corrected chi connectivity index (χ0v) is 9.25. The minimum atomic E-state index is -0.0736. The van der Waals surface area contributed by atoms with Crippen LogP contribution in [0.2, 0.25) is 0 Å². The number of halogens is 1. The van der Waals surface area contributed by atoms with Crippen molar-refractivity contribution in [2.75, 3.05) is 23.9 Å². The van der Waals surface area contributed by atoms with Crippen LogP contribution >= 0.6 is 11.6 Å². The first-order valence-electron chi connectivity index (χ1n) is 4.83. The van der Waals surface area contributed by atoms with Crippen LogP contribution in [0.4, 0.5) is 5.69 Å².